The second-order valence-corrected chi connectivity index (χ2v) is 6.78. The van der Waals surface area contributed by atoms with Crippen LogP contribution in [0.1, 0.15) is 17.4 Å². The number of para-hydroxylation sites is 2. The number of fused-ring (bicyclic) bond motifs is 1. The molecule has 0 aliphatic heterocycles. The van der Waals surface area contributed by atoms with E-state index in [-0.39, 0.29) is 5.69 Å². The summed E-state index contributed by atoms with van der Waals surface area (Å²) in [5, 5.41) is 16.4. The Kier molecular flexibility index (Phi) is 5.38. The van der Waals surface area contributed by atoms with Gasteiger partial charge in [-0.1, -0.05) is 42.5 Å². The van der Waals surface area contributed by atoms with E-state index in [0.717, 1.165) is 16.6 Å². The van der Waals surface area contributed by atoms with Gasteiger partial charge in [0.15, 0.2) is 0 Å². The molecule has 0 saturated heterocycles. The van der Waals surface area contributed by atoms with Crippen molar-refractivity contribution in [1.82, 2.24) is 15.3 Å². The first kappa shape index (κ1) is 19.1. The molecule has 8 nitrogen and oxygen atoms in total. The van der Waals surface area contributed by atoms with E-state index in [9.17, 15) is 14.9 Å². The molecule has 3 N–H and O–H groups in total. The fourth-order valence-corrected chi connectivity index (χ4v) is 3.20. The number of anilines is 1. The van der Waals surface area contributed by atoms with Gasteiger partial charge in [-0.05, 0) is 36.2 Å². The number of aromatic nitrogens is 2. The number of H-pyrrole nitrogens is 1. The van der Waals surface area contributed by atoms with E-state index in [1.54, 1.807) is 0 Å². The molecule has 2 amide bonds. The number of imidazole rings is 1. The number of carbonyl (C=O) groups excluding carboxylic acids is 1. The van der Waals surface area contributed by atoms with Gasteiger partial charge in [-0.3, -0.25) is 10.1 Å². The van der Waals surface area contributed by atoms with Gasteiger partial charge >= 0.3 is 6.03 Å². The number of nitro benzene ring substituents is 1. The number of rotatable bonds is 6. The van der Waals surface area contributed by atoms with E-state index in [1.807, 2.05) is 54.6 Å². The molecule has 1 atom stereocenters. The normalized spacial score (nSPS) is 11.7. The van der Waals surface area contributed by atoms with Crippen LogP contribution in [-0.4, -0.2) is 20.9 Å². The zero-order valence-corrected chi connectivity index (χ0v) is 15.9. The zero-order valence-electron chi connectivity index (χ0n) is 15.9. The molecule has 4 aromatic rings. The lowest BCUT2D eigenvalue weighted by molar-refractivity contribution is -0.384. The van der Waals surface area contributed by atoms with E-state index < -0.39 is 17.0 Å². The summed E-state index contributed by atoms with van der Waals surface area (Å²) >= 11 is 0. The third-order valence-electron chi connectivity index (χ3n) is 4.66. The lowest BCUT2D eigenvalue weighted by Gasteiger charge is -2.17. The van der Waals surface area contributed by atoms with Crippen molar-refractivity contribution in [2.24, 2.45) is 0 Å². The largest absolute Gasteiger partial charge is 0.340 e. The van der Waals surface area contributed by atoms with Crippen molar-refractivity contribution in [2.45, 2.75) is 12.5 Å². The number of carbonyl (C=O) groups is 1. The predicted molar refractivity (Wildman–Crippen MR) is 114 cm³/mol. The van der Waals surface area contributed by atoms with Crippen LogP contribution in [0.2, 0.25) is 0 Å². The fourth-order valence-electron chi connectivity index (χ4n) is 3.20. The average Bonchev–Trinajstić information content (AvgIpc) is 3.19. The third kappa shape index (κ3) is 4.44. The Balaban J connectivity index is 1.54. The first-order valence-electron chi connectivity index (χ1n) is 9.39. The molecule has 1 aromatic heterocycles. The smallest absolute Gasteiger partial charge is 0.319 e. The van der Waals surface area contributed by atoms with Gasteiger partial charge in [-0.25, -0.2) is 9.78 Å². The van der Waals surface area contributed by atoms with E-state index in [0.29, 0.717) is 17.9 Å². The number of nitro groups is 1. The van der Waals surface area contributed by atoms with E-state index in [1.165, 1.54) is 24.3 Å². The summed E-state index contributed by atoms with van der Waals surface area (Å²) in [5.74, 6) is 0.652. The van der Waals surface area contributed by atoms with Gasteiger partial charge in [0.2, 0.25) is 0 Å². The topological polar surface area (TPSA) is 113 Å². The van der Waals surface area contributed by atoms with E-state index in [4.69, 9.17) is 0 Å². The quantitative estimate of drug-likeness (QED) is 0.324. The molecular weight excluding hydrogens is 382 g/mol. The number of hydrogen-bond acceptors (Lipinski definition) is 4. The monoisotopic (exact) mass is 401 g/mol. The molecule has 4 rings (SSSR count). The Morgan fingerprint density at radius 3 is 2.40 bits per heavy atom. The van der Waals surface area contributed by atoms with Gasteiger partial charge < -0.3 is 15.6 Å². The first-order chi connectivity index (χ1) is 14.6. The molecule has 3 aromatic carbocycles. The summed E-state index contributed by atoms with van der Waals surface area (Å²) in [6.45, 7) is 0. The zero-order chi connectivity index (χ0) is 20.9. The second kappa shape index (κ2) is 8.44. The van der Waals surface area contributed by atoms with Crippen LogP contribution < -0.4 is 10.6 Å². The number of hydrogen-bond donors (Lipinski definition) is 3. The summed E-state index contributed by atoms with van der Waals surface area (Å²) in [6.07, 6.45) is 0.550. The van der Waals surface area contributed by atoms with Gasteiger partial charge in [0.05, 0.1) is 22.0 Å². The molecule has 0 fully saturated rings. The van der Waals surface area contributed by atoms with Gasteiger partial charge in [-0.2, -0.15) is 0 Å². The molecular formula is C22H19N5O3. The lowest BCUT2D eigenvalue weighted by atomic mass is 10.1. The van der Waals surface area contributed by atoms with Gasteiger partial charge in [0.25, 0.3) is 5.69 Å². The number of nitrogens with one attached hydrogen (secondary N) is 3. The van der Waals surface area contributed by atoms with Gasteiger partial charge in [0.1, 0.15) is 5.82 Å². The molecule has 0 aliphatic rings. The third-order valence-corrected chi connectivity index (χ3v) is 4.66. The highest BCUT2D eigenvalue weighted by Crippen LogP contribution is 2.21. The average molecular weight is 401 g/mol. The predicted octanol–water partition coefficient (Wildman–Crippen LogP) is 4.58. The van der Waals surface area contributed by atoms with Crippen LogP contribution in [-0.2, 0) is 6.42 Å². The number of amides is 2. The molecule has 1 heterocycles. The molecule has 0 saturated carbocycles. The standard InChI is InChI=1S/C22H19N5O3/c28-22(23-16-10-12-17(13-11-16)27(29)30)26-20(14-15-6-2-1-3-7-15)21-24-18-8-4-5-9-19(18)25-21/h1-13,20H,14H2,(H,24,25)(H2,23,26,28)/t20-/m1/s1. The summed E-state index contributed by atoms with van der Waals surface area (Å²) in [4.78, 5) is 30.8. The second-order valence-electron chi connectivity index (χ2n) is 6.78. The lowest BCUT2D eigenvalue weighted by Crippen LogP contribution is -2.34. The molecule has 0 unspecified atom stereocenters. The highest BCUT2D eigenvalue weighted by molar-refractivity contribution is 5.89. The number of urea groups is 1. The minimum atomic E-state index is -0.485. The summed E-state index contributed by atoms with van der Waals surface area (Å²) in [6, 6.07) is 22.3. The highest BCUT2D eigenvalue weighted by Gasteiger charge is 2.19. The van der Waals surface area contributed by atoms with Crippen LogP contribution in [0.5, 0.6) is 0 Å². The Labute approximate surface area is 172 Å². The maximum Gasteiger partial charge on any atom is 0.319 e. The van der Waals surface area contributed by atoms with Crippen LogP contribution in [0, 0.1) is 10.1 Å². The Hall–Kier alpha value is -4.20. The van der Waals surface area contributed by atoms with Crippen LogP contribution in [0.3, 0.4) is 0 Å². The summed E-state index contributed by atoms with van der Waals surface area (Å²) < 4.78 is 0. The van der Waals surface area contributed by atoms with Crippen molar-refractivity contribution < 1.29 is 9.72 Å². The number of non-ortho nitro benzene ring substituents is 1. The summed E-state index contributed by atoms with van der Waals surface area (Å²) in [5.41, 5.74) is 3.19. The molecule has 0 spiro atoms. The van der Waals surface area contributed by atoms with Crippen molar-refractivity contribution in [3.63, 3.8) is 0 Å². The van der Waals surface area contributed by atoms with Crippen LogP contribution in [0.25, 0.3) is 11.0 Å². The Morgan fingerprint density at radius 2 is 1.70 bits per heavy atom. The molecule has 0 aliphatic carbocycles. The SMILES string of the molecule is O=C(Nc1ccc([N+](=O)[O-])cc1)N[C@H](Cc1ccccc1)c1nc2ccccc2[nH]1. The van der Waals surface area contributed by atoms with Crippen molar-refractivity contribution in [2.75, 3.05) is 5.32 Å². The van der Waals surface area contributed by atoms with Crippen molar-refractivity contribution in [1.29, 1.82) is 0 Å². The van der Waals surface area contributed by atoms with Gasteiger partial charge in [-0.15, -0.1) is 0 Å². The maximum absolute atomic E-state index is 12.6. The molecule has 30 heavy (non-hydrogen) atoms. The van der Waals surface area contributed by atoms with Crippen LogP contribution >= 0.6 is 0 Å². The van der Waals surface area contributed by atoms with Crippen LogP contribution in [0.15, 0.2) is 78.9 Å². The maximum atomic E-state index is 12.6. The number of aromatic amines is 1. The highest BCUT2D eigenvalue weighted by atomic mass is 16.6. The molecule has 150 valence electrons. The molecule has 0 bridgehead atoms. The molecule has 0 radical (unpaired) electrons. The van der Waals surface area contributed by atoms with Crippen LogP contribution in [0.4, 0.5) is 16.2 Å². The van der Waals surface area contributed by atoms with Crippen molar-refractivity contribution >= 4 is 28.4 Å². The van der Waals surface area contributed by atoms with Gasteiger partial charge in [0, 0.05) is 17.8 Å². The Bertz CT molecular complexity index is 1140. The van der Waals surface area contributed by atoms with Crippen molar-refractivity contribution in [3.05, 3.63) is 100 Å². The fraction of sp³-hybridized carbons (Fsp3) is 0.0909. The Morgan fingerprint density at radius 1 is 1.00 bits per heavy atom. The minimum Gasteiger partial charge on any atom is -0.340 e. The number of benzene rings is 3. The number of nitrogens with zero attached hydrogens (tertiary/aromatic N) is 2. The minimum absolute atomic E-state index is 0.0369. The first-order valence-corrected chi connectivity index (χ1v) is 9.39. The van der Waals surface area contributed by atoms with Crippen molar-refractivity contribution in [3.8, 4) is 0 Å². The van der Waals surface area contributed by atoms with E-state index in [2.05, 4.69) is 20.6 Å². The summed E-state index contributed by atoms with van der Waals surface area (Å²) in [7, 11) is 0. The van der Waals surface area contributed by atoms with E-state index >= 15 is 0 Å². The molecule has 8 heteroatoms.